The number of fused-ring (bicyclic) bond motifs is 6. The number of methoxy groups -OCH3 is 4. The van der Waals surface area contributed by atoms with Crippen LogP contribution in [0.25, 0.3) is 33.0 Å². The van der Waals surface area contributed by atoms with Gasteiger partial charge >= 0.3 is 17.9 Å². The van der Waals surface area contributed by atoms with Crippen LogP contribution in [0.4, 0.5) is 0 Å². The number of rotatable bonds is 18. The minimum absolute atomic E-state index is 0.0228. The molecule has 28 nitrogen and oxygen atoms in total. The number of hydrogen-bond acceptors (Lipinski definition) is 25. The molecule has 4 N–H and O–H groups in total. The topological polar surface area (TPSA) is 356 Å². The highest BCUT2D eigenvalue weighted by Crippen LogP contribution is 2.59. The summed E-state index contributed by atoms with van der Waals surface area (Å²) in [5, 5.41) is 73.7. The Morgan fingerprint density at radius 1 is 0.660 bits per heavy atom. The number of aliphatic hydroxyl groups is 4. The lowest BCUT2D eigenvalue weighted by atomic mass is 9.53. The highest BCUT2D eigenvalue weighted by molar-refractivity contribution is 8.00. The van der Waals surface area contributed by atoms with Crippen molar-refractivity contribution in [2.45, 2.75) is 185 Å². The van der Waals surface area contributed by atoms with E-state index in [4.69, 9.17) is 54.6 Å². The molecule has 0 radical (unpaired) electrons. The van der Waals surface area contributed by atoms with Crippen molar-refractivity contribution in [3.63, 3.8) is 0 Å². The molecule has 30 heteroatoms. The average molecular weight is 1380 g/mol. The number of aliphatic hydroxyl groups excluding tert-OH is 4. The van der Waals surface area contributed by atoms with E-state index in [1.807, 2.05) is 73.8 Å². The van der Waals surface area contributed by atoms with Crippen LogP contribution in [-0.2, 0) is 62.4 Å². The van der Waals surface area contributed by atoms with Gasteiger partial charge in [-0.3, -0.25) is 14.4 Å². The summed E-state index contributed by atoms with van der Waals surface area (Å²) in [6, 6.07) is 17.2. The van der Waals surface area contributed by atoms with Crippen LogP contribution in [0.1, 0.15) is 115 Å². The number of carbonyl (C=O) groups is 3. The van der Waals surface area contributed by atoms with E-state index >= 15 is 0 Å². The molecule has 3 aromatic heterocycles. The van der Waals surface area contributed by atoms with Crippen LogP contribution in [0.3, 0.4) is 0 Å². The minimum Gasteiger partial charge on any atom is -0.469 e. The maximum atomic E-state index is 12.5. The number of terminal acetylenes is 1. The molecule has 6 saturated carbocycles. The molecule has 524 valence electrons. The molecule has 10 aliphatic rings. The summed E-state index contributed by atoms with van der Waals surface area (Å²) in [6.07, 6.45) is 15.9. The van der Waals surface area contributed by atoms with Crippen molar-refractivity contribution in [1.82, 2.24) is 45.0 Å². The second kappa shape index (κ2) is 31.3. The SMILES string of the molecule is C#CC12CCC(C(=O)OC)(CC1)CC2.COC(=O)C12CCC(c3cn(C4C(O)C(CO)OC(SC5COCC(n6cc(-c7ccccc7)nn6)C5O)C4OC)nn3)(CC1)CC2.COC1C(SC2COCC(n3cc(-c4ccccc4)nn3)C2O)OC(COC(C)=O)C(C)C1N=[N+]=[N-]. The normalized spacial score (nSPS) is 35.8. The van der Waals surface area contributed by atoms with Gasteiger partial charge in [-0.15, -0.1) is 45.2 Å². The summed E-state index contributed by atoms with van der Waals surface area (Å²) in [4.78, 5) is 38.6. The van der Waals surface area contributed by atoms with E-state index in [9.17, 15) is 34.8 Å². The van der Waals surface area contributed by atoms with Gasteiger partial charge in [-0.1, -0.05) is 94.3 Å². The molecule has 16 atom stereocenters. The van der Waals surface area contributed by atoms with Gasteiger partial charge in [0.2, 0.25) is 0 Å². The lowest BCUT2D eigenvalue weighted by Crippen LogP contribution is -2.57. The van der Waals surface area contributed by atoms with Gasteiger partial charge in [0.1, 0.15) is 71.4 Å². The Morgan fingerprint density at radius 3 is 1.59 bits per heavy atom. The summed E-state index contributed by atoms with van der Waals surface area (Å²) in [7, 11) is 6.00. The number of benzene rings is 2. The Bertz CT molecular complexity index is 3510. The van der Waals surface area contributed by atoms with E-state index in [1.54, 1.807) is 33.5 Å². The summed E-state index contributed by atoms with van der Waals surface area (Å²) < 4.78 is 56.0. The fourth-order valence-electron chi connectivity index (χ4n) is 15.4. The van der Waals surface area contributed by atoms with Crippen molar-refractivity contribution in [3.8, 4) is 34.9 Å². The first-order valence-electron chi connectivity index (χ1n) is 33.1. The third kappa shape index (κ3) is 15.0. The van der Waals surface area contributed by atoms with Crippen molar-refractivity contribution >= 4 is 41.4 Å². The molecule has 10 fully saturated rings. The highest BCUT2D eigenvalue weighted by Gasteiger charge is 2.57. The van der Waals surface area contributed by atoms with Gasteiger partial charge < -0.3 is 63.1 Å². The van der Waals surface area contributed by atoms with Gasteiger partial charge in [0.25, 0.3) is 0 Å². The van der Waals surface area contributed by atoms with Gasteiger partial charge in [-0.25, -0.2) is 14.0 Å². The molecule has 0 spiro atoms. The lowest BCUT2D eigenvalue weighted by molar-refractivity contribution is -0.186. The Labute approximate surface area is 571 Å². The van der Waals surface area contributed by atoms with E-state index < -0.39 is 101 Å². The number of carbonyl (C=O) groups excluding carboxylic acids is 3. The van der Waals surface area contributed by atoms with Crippen LogP contribution in [0.15, 0.2) is 84.4 Å². The molecule has 16 unspecified atom stereocenters. The van der Waals surface area contributed by atoms with Crippen LogP contribution < -0.4 is 0 Å². The van der Waals surface area contributed by atoms with E-state index in [-0.39, 0.29) is 72.4 Å². The second-order valence-electron chi connectivity index (χ2n) is 26.8. The summed E-state index contributed by atoms with van der Waals surface area (Å²) >= 11 is 2.69. The molecule has 97 heavy (non-hydrogen) atoms. The number of aromatic nitrogens is 9. The number of nitrogens with zero attached hydrogens (tertiary/aromatic N) is 12. The van der Waals surface area contributed by atoms with Crippen LogP contribution in [0, 0.1) is 34.5 Å². The number of ether oxygens (including phenoxy) is 9. The van der Waals surface area contributed by atoms with E-state index in [0.29, 0.717) is 11.4 Å². The fraction of sp³-hybridized carbons (Fsp3) is 0.657. The zero-order chi connectivity index (χ0) is 68.7. The van der Waals surface area contributed by atoms with Gasteiger partial charge in [-0.05, 0) is 88.5 Å². The van der Waals surface area contributed by atoms with Gasteiger partial charge in [-0.2, -0.15) is 0 Å². The third-order valence-corrected chi connectivity index (χ3v) is 24.4. The molecule has 15 rings (SSSR count). The Morgan fingerprint density at radius 2 is 1.13 bits per heavy atom. The summed E-state index contributed by atoms with van der Waals surface area (Å²) in [5.74, 6) is 2.10. The van der Waals surface area contributed by atoms with E-state index in [1.165, 1.54) is 51.8 Å². The molecule has 0 amide bonds. The summed E-state index contributed by atoms with van der Waals surface area (Å²) in [5.41, 5.74) is 11.3. The Balaban J connectivity index is 0.000000168. The molecular formula is C67H88N12O16S2. The molecule has 4 aliphatic heterocycles. The monoisotopic (exact) mass is 1380 g/mol. The van der Waals surface area contributed by atoms with Gasteiger partial charge in [0.05, 0.1) is 111 Å². The average Bonchev–Trinajstić information content (AvgIpc) is 1.73. The molecule has 4 saturated heterocycles. The number of hydrogen-bond donors (Lipinski definition) is 4. The highest BCUT2D eigenvalue weighted by atomic mass is 32.2. The smallest absolute Gasteiger partial charge is 0.311 e. The lowest BCUT2D eigenvalue weighted by Gasteiger charge is -2.50. The van der Waals surface area contributed by atoms with Crippen molar-refractivity contribution in [3.05, 3.63) is 95.4 Å². The van der Waals surface area contributed by atoms with Crippen molar-refractivity contribution in [2.75, 3.05) is 68.1 Å². The first-order valence-corrected chi connectivity index (χ1v) is 35.0. The zero-order valence-corrected chi connectivity index (χ0v) is 57.1. The first-order chi connectivity index (χ1) is 46.9. The Kier molecular flexibility index (Phi) is 23.2. The number of esters is 3. The molecular weight excluding hydrogens is 1290 g/mol. The van der Waals surface area contributed by atoms with Gasteiger partial charge in [0, 0.05) is 54.2 Å². The van der Waals surface area contributed by atoms with E-state index in [0.717, 1.165) is 93.9 Å². The first kappa shape index (κ1) is 71.7. The standard InChI is InChI=1S/C32H42N6O8S.C23H30N6O6S.C12H16O2/c1-43-28-25(38-15-24(34-36-38)31-8-11-32(12-9-31,13-10-31)30(42)44-2)27(41)22(16-39)46-29(28)47-23-18-45-17-21(26(23)40)37-14-20(33-35-37)19-6-4-3-5-7-19;1-13-18(11-34-14(2)30)35-23(22(32-3)20(13)26-27-24)36-19-12-33-10-17(21(19)31)29-9-16(25-28-29)15-7-5-4-6-8-15;1-3-11-4-7-12(8-5-11,9-6-11)10(13)14-2/h3-7,14-15,21-23,25-29,39-41H,8-13,16-18H2,1-2H3;4-9,13,17-23,31H,10-12H2,1-3H3;1H,4-9H2,2H3. The van der Waals surface area contributed by atoms with Crippen molar-refractivity contribution in [2.24, 2.45) is 27.3 Å². The molecule has 5 aromatic rings. The largest absolute Gasteiger partial charge is 0.469 e. The van der Waals surface area contributed by atoms with Crippen LogP contribution in [0.2, 0.25) is 0 Å². The predicted molar refractivity (Wildman–Crippen MR) is 352 cm³/mol. The second-order valence-corrected chi connectivity index (χ2v) is 29.5. The zero-order valence-electron chi connectivity index (χ0n) is 55.4. The maximum Gasteiger partial charge on any atom is 0.311 e. The third-order valence-electron chi connectivity index (χ3n) is 21.6. The van der Waals surface area contributed by atoms with Crippen LogP contribution >= 0.6 is 23.5 Å². The quantitative estimate of drug-likeness (QED) is 0.0184. The van der Waals surface area contributed by atoms with Gasteiger partial charge in [0.15, 0.2) is 0 Å². The van der Waals surface area contributed by atoms with E-state index in [2.05, 4.69) is 46.9 Å². The molecule has 4 bridgehead atoms. The predicted octanol–water partition coefficient (Wildman–Crippen LogP) is 6.40. The van der Waals surface area contributed by atoms with Crippen LogP contribution in [0.5, 0.6) is 0 Å². The van der Waals surface area contributed by atoms with Crippen molar-refractivity contribution in [1.29, 1.82) is 0 Å². The molecule has 7 heterocycles. The molecule has 6 aliphatic carbocycles. The summed E-state index contributed by atoms with van der Waals surface area (Å²) in [6.45, 7) is 3.89. The maximum absolute atomic E-state index is 12.5. The number of azide groups is 1. The Hall–Kier alpha value is -6.56. The van der Waals surface area contributed by atoms with Crippen LogP contribution in [-0.4, -0.2) is 222 Å². The van der Waals surface area contributed by atoms with Crippen molar-refractivity contribution < 1.29 is 77.4 Å². The number of thioether (sulfide) groups is 2. The fourth-order valence-corrected chi connectivity index (χ4v) is 18.3. The molecule has 2 aromatic carbocycles. The minimum atomic E-state index is -1.13.